The van der Waals surface area contributed by atoms with Crippen molar-refractivity contribution in [2.45, 2.75) is 6.54 Å². The van der Waals surface area contributed by atoms with Gasteiger partial charge in [-0.05, 0) is 29.3 Å². The van der Waals surface area contributed by atoms with Crippen LogP contribution in [0.3, 0.4) is 0 Å². The Kier molecular flexibility index (Phi) is 4.56. The fourth-order valence-corrected chi connectivity index (χ4v) is 4.01. The summed E-state index contributed by atoms with van der Waals surface area (Å²) < 4.78 is 0. The number of fused-ring (bicyclic) bond motifs is 1. The number of hydrogen-bond acceptors (Lipinski definition) is 5. The number of carbonyl (C=O) groups is 1. The molecule has 2 heterocycles. The number of rotatable bonds is 5. The quantitative estimate of drug-likeness (QED) is 0.571. The summed E-state index contributed by atoms with van der Waals surface area (Å²) in [6.45, 7) is 0.668. The van der Waals surface area contributed by atoms with Gasteiger partial charge < -0.3 is 10.6 Å². The maximum Gasteiger partial charge on any atom is 0.248 e. The lowest BCUT2D eigenvalue weighted by Crippen LogP contribution is -2.18. The van der Waals surface area contributed by atoms with Gasteiger partial charge >= 0.3 is 0 Å². The van der Waals surface area contributed by atoms with Crippen LogP contribution in [0.1, 0.15) is 15.9 Å². The van der Waals surface area contributed by atoms with Gasteiger partial charge in [-0.3, -0.25) is 4.79 Å². The molecule has 0 aliphatic carbocycles. The highest BCUT2D eigenvalue weighted by molar-refractivity contribution is 7.21. The lowest BCUT2D eigenvalue weighted by molar-refractivity contribution is 0.100. The Labute approximate surface area is 161 Å². The van der Waals surface area contributed by atoms with Crippen molar-refractivity contribution in [1.29, 1.82) is 0 Å². The van der Waals surface area contributed by atoms with E-state index < -0.39 is 5.91 Å². The average molecular weight is 374 g/mol. The van der Waals surface area contributed by atoms with Gasteiger partial charge in [0.25, 0.3) is 0 Å². The summed E-state index contributed by atoms with van der Waals surface area (Å²) in [5.41, 5.74) is 8.07. The van der Waals surface area contributed by atoms with Crippen molar-refractivity contribution in [1.82, 2.24) is 9.97 Å². The number of thiophene rings is 1. The fraction of sp³-hybridized carbons (Fsp3) is 0.0952. The van der Waals surface area contributed by atoms with Crippen LogP contribution in [-0.2, 0) is 6.54 Å². The molecule has 0 radical (unpaired) electrons. The first-order valence-corrected chi connectivity index (χ1v) is 9.33. The molecule has 2 N–H and O–H groups in total. The Morgan fingerprint density at radius 2 is 1.81 bits per heavy atom. The molecule has 4 aromatic rings. The van der Waals surface area contributed by atoms with Gasteiger partial charge in [-0.2, -0.15) is 0 Å². The van der Waals surface area contributed by atoms with E-state index in [9.17, 15) is 4.79 Å². The summed E-state index contributed by atoms with van der Waals surface area (Å²) in [6.07, 6.45) is 1.61. The molecule has 2 aromatic heterocycles. The second kappa shape index (κ2) is 7.17. The second-order valence-electron chi connectivity index (χ2n) is 6.31. The van der Waals surface area contributed by atoms with Crippen LogP contribution < -0.4 is 10.6 Å². The largest absolute Gasteiger partial charge is 0.366 e. The van der Waals surface area contributed by atoms with Gasteiger partial charge in [0.05, 0.1) is 5.39 Å². The molecule has 0 spiro atoms. The molecular weight excluding hydrogens is 356 g/mol. The first-order chi connectivity index (χ1) is 13.1. The van der Waals surface area contributed by atoms with Gasteiger partial charge in [-0.1, -0.05) is 42.5 Å². The molecule has 0 bridgehead atoms. The smallest absolute Gasteiger partial charge is 0.248 e. The summed E-state index contributed by atoms with van der Waals surface area (Å²) in [4.78, 5) is 24.4. The molecule has 1 amide bonds. The zero-order chi connectivity index (χ0) is 18.8. The molecule has 5 nitrogen and oxygen atoms in total. The van der Waals surface area contributed by atoms with E-state index in [4.69, 9.17) is 5.73 Å². The van der Waals surface area contributed by atoms with E-state index in [0.717, 1.165) is 21.6 Å². The van der Waals surface area contributed by atoms with Gasteiger partial charge in [0, 0.05) is 24.0 Å². The predicted octanol–water partition coefficient (Wildman–Crippen LogP) is 4.09. The molecular formula is C21H18N4OS. The van der Waals surface area contributed by atoms with Crippen LogP contribution in [0.5, 0.6) is 0 Å². The predicted molar refractivity (Wildman–Crippen MR) is 110 cm³/mol. The summed E-state index contributed by atoms with van der Waals surface area (Å²) in [5.74, 6) is 0.469. The maximum absolute atomic E-state index is 11.2. The van der Waals surface area contributed by atoms with Crippen LogP contribution in [0.2, 0.25) is 0 Å². The monoisotopic (exact) mass is 374 g/mol. The molecule has 0 aliphatic heterocycles. The minimum absolute atomic E-state index is 0.417. The van der Waals surface area contributed by atoms with E-state index in [0.29, 0.717) is 12.1 Å². The highest BCUT2D eigenvalue weighted by atomic mass is 32.1. The average Bonchev–Trinajstić information content (AvgIpc) is 3.13. The minimum Gasteiger partial charge on any atom is -0.366 e. The van der Waals surface area contributed by atoms with Crippen molar-refractivity contribution in [3.63, 3.8) is 0 Å². The van der Waals surface area contributed by atoms with Crippen molar-refractivity contribution in [3.8, 4) is 10.4 Å². The number of benzene rings is 2. The van der Waals surface area contributed by atoms with E-state index in [-0.39, 0.29) is 0 Å². The summed E-state index contributed by atoms with van der Waals surface area (Å²) >= 11 is 1.66. The zero-order valence-corrected chi connectivity index (χ0v) is 15.6. The number of carbonyl (C=O) groups excluding carboxylic acids is 1. The Balaban J connectivity index is 1.64. The number of nitrogens with two attached hydrogens (primary N) is 1. The van der Waals surface area contributed by atoms with Crippen LogP contribution in [-0.4, -0.2) is 22.9 Å². The first kappa shape index (κ1) is 17.2. The van der Waals surface area contributed by atoms with Crippen molar-refractivity contribution < 1.29 is 4.79 Å². The third kappa shape index (κ3) is 3.52. The summed E-state index contributed by atoms with van der Waals surface area (Å²) in [6, 6.07) is 19.8. The molecule has 0 saturated heterocycles. The number of amides is 1. The van der Waals surface area contributed by atoms with E-state index in [1.165, 1.54) is 10.4 Å². The number of hydrogen-bond donors (Lipinski definition) is 1. The van der Waals surface area contributed by atoms with Gasteiger partial charge in [0.2, 0.25) is 5.91 Å². The molecule has 27 heavy (non-hydrogen) atoms. The van der Waals surface area contributed by atoms with Crippen LogP contribution in [0.15, 0.2) is 67.0 Å². The second-order valence-corrected chi connectivity index (χ2v) is 7.34. The number of aromatic nitrogens is 2. The zero-order valence-electron chi connectivity index (χ0n) is 14.8. The van der Waals surface area contributed by atoms with Gasteiger partial charge in [0.15, 0.2) is 0 Å². The minimum atomic E-state index is -0.417. The molecule has 0 atom stereocenters. The highest BCUT2D eigenvalue weighted by Gasteiger charge is 2.13. The van der Waals surface area contributed by atoms with Crippen LogP contribution >= 0.6 is 11.3 Å². The van der Waals surface area contributed by atoms with E-state index in [1.807, 2.05) is 37.4 Å². The van der Waals surface area contributed by atoms with E-state index in [2.05, 4.69) is 33.1 Å². The Bertz CT molecular complexity index is 1090. The lowest BCUT2D eigenvalue weighted by Gasteiger charge is -2.19. The third-order valence-electron chi connectivity index (χ3n) is 4.39. The Hall–Kier alpha value is -3.25. The lowest BCUT2D eigenvalue weighted by atomic mass is 10.1. The van der Waals surface area contributed by atoms with E-state index in [1.54, 1.807) is 29.8 Å². The molecule has 4 rings (SSSR count). The van der Waals surface area contributed by atoms with Gasteiger partial charge in [-0.25, -0.2) is 9.97 Å². The number of anilines is 1. The first-order valence-electron chi connectivity index (χ1n) is 8.51. The van der Waals surface area contributed by atoms with Crippen LogP contribution in [0, 0.1) is 0 Å². The topological polar surface area (TPSA) is 72.1 Å². The van der Waals surface area contributed by atoms with Crippen molar-refractivity contribution in [2.24, 2.45) is 5.73 Å². The standard InChI is InChI=1S/C21H18N4OS/c1-25(12-14-7-9-16(10-8-14)19(22)26)20-17-11-18(15-5-3-2-4-6-15)27-21(17)24-13-23-20/h2-11,13H,12H2,1H3,(H2,22,26). The molecule has 0 fully saturated rings. The highest BCUT2D eigenvalue weighted by Crippen LogP contribution is 2.35. The van der Waals surface area contributed by atoms with Crippen LogP contribution in [0.25, 0.3) is 20.7 Å². The molecule has 6 heteroatoms. The maximum atomic E-state index is 11.2. The van der Waals surface area contributed by atoms with Crippen molar-refractivity contribution in [3.05, 3.63) is 78.1 Å². The fourth-order valence-electron chi connectivity index (χ4n) is 3.02. The Morgan fingerprint density at radius 1 is 1.07 bits per heavy atom. The van der Waals surface area contributed by atoms with Crippen molar-refractivity contribution >= 4 is 33.3 Å². The third-order valence-corrected chi connectivity index (χ3v) is 5.48. The van der Waals surface area contributed by atoms with E-state index >= 15 is 0 Å². The van der Waals surface area contributed by atoms with Crippen LogP contribution in [0.4, 0.5) is 5.82 Å². The van der Waals surface area contributed by atoms with Gasteiger partial charge in [-0.15, -0.1) is 11.3 Å². The number of nitrogens with zero attached hydrogens (tertiary/aromatic N) is 3. The molecule has 0 saturated carbocycles. The molecule has 0 unspecified atom stereocenters. The SMILES string of the molecule is CN(Cc1ccc(C(N)=O)cc1)c1ncnc2sc(-c3ccccc3)cc12. The summed E-state index contributed by atoms with van der Waals surface area (Å²) in [5, 5.41) is 1.04. The molecule has 0 aliphatic rings. The molecule has 134 valence electrons. The molecule has 2 aromatic carbocycles. The number of primary amides is 1. The summed E-state index contributed by atoms with van der Waals surface area (Å²) in [7, 11) is 2.00. The normalized spacial score (nSPS) is 10.9. The van der Waals surface area contributed by atoms with Crippen molar-refractivity contribution in [2.75, 3.05) is 11.9 Å². The Morgan fingerprint density at radius 3 is 2.52 bits per heavy atom. The van der Waals surface area contributed by atoms with Gasteiger partial charge in [0.1, 0.15) is 17.0 Å².